The quantitative estimate of drug-likeness (QED) is 0.887. The highest BCUT2D eigenvalue weighted by atomic mass is 32.2. The van der Waals surface area contributed by atoms with Crippen molar-refractivity contribution in [2.45, 2.75) is 18.2 Å². The van der Waals surface area contributed by atoms with Crippen molar-refractivity contribution in [1.82, 2.24) is 4.72 Å². The third kappa shape index (κ3) is 3.59. The van der Waals surface area contributed by atoms with Crippen LogP contribution in [0.4, 0.5) is 0 Å². The molecule has 2 aromatic carbocycles. The SMILES string of the molecule is Cc1cc(S(=O)(=O)NCCc2ccccc2)ccc1O. The number of aromatic hydroxyl groups is 1. The third-order valence-corrected chi connectivity index (χ3v) is 4.49. The van der Waals surface area contributed by atoms with E-state index in [0.29, 0.717) is 18.5 Å². The van der Waals surface area contributed by atoms with Crippen molar-refractivity contribution in [3.05, 3.63) is 59.7 Å². The molecule has 2 N–H and O–H groups in total. The van der Waals surface area contributed by atoms with E-state index in [0.717, 1.165) is 5.56 Å². The van der Waals surface area contributed by atoms with Gasteiger partial charge in [0.25, 0.3) is 0 Å². The Morgan fingerprint density at radius 2 is 1.80 bits per heavy atom. The molecule has 0 amide bonds. The van der Waals surface area contributed by atoms with E-state index in [9.17, 15) is 13.5 Å². The van der Waals surface area contributed by atoms with Gasteiger partial charge in [0, 0.05) is 6.54 Å². The smallest absolute Gasteiger partial charge is 0.240 e. The molecule has 20 heavy (non-hydrogen) atoms. The Kier molecular flexibility index (Phi) is 4.42. The van der Waals surface area contributed by atoms with Gasteiger partial charge in [0.05, 0.1) is 4.90 Å². The van der Waals surface area contributed by atoms with Crippen LogP contribution in [-0.2, 0) is 16.4 Å². The van der Waals surface area contributed by atoms with Gasteiger partial charge in [0.2, 0.25) is 10.0 Å². The zero-order valence-electron chi connectivity index (χ0n) is 11.2. The minimum absolute atomic E-state index is 0.0910. The second-order valence-electron chi connectivity index (χ2n) is 4.58. The lowest BCUT2D eigenvalue weighted by Gasteiger charge is -2.08. The van der Waals surface area contributed by atoms with Crippen LogP contribution in [0.25, 0.3) is 0 Å². The molecule has 2 aromatic rings. The maximum Gasteiger partial charge on any atom is 0.240 e. The maximum atomic E-state index is 12.1. The van der Waals surface area contributed by atoms with Crippen molar-refractivity contribution in [3.8, 4) is 5.75 Å². The highest BCUT2D eigenvalue weighted by molar-refractivity contribution is 7.89. The monoisotopic (exact) mass is 291 g/mol. The van der Waals surface area contributed by atoms with E-state index < -0.39 is 10.0 Å². The van der Waals surface area contributed by atoms with E-state index in [4.69, 9.17) is 0 Å². The Bertz CT molecular complexity index is 682. The van der Waals surface area contributed by atoms with Crippen LogP contribution in [0.5, 0.6) is 5.75 Å². The van der Waals surface area contributed by atoms with Crippen LogP contribution in [0.2, 0.25) is 0 Å². The van der Waals surface area contributed by atoms with E-state index >= 15 is 0 Å². The lowest BCUT2D eigenvalue weighted by Crippen LogP contribution is -2.26. The van der Waals surface area contributed by atoms with Gasteiger partial charge >= 0.3 is 0 Å². The number of nitrogens with one attached hydrogen (secondary N) is 1. The summed E-state index contributed by atoms with van der Waals surface area (Å²) in [4.78, 5) is 0.167. The Balaban J connectivity index is 2.02. The fourth-order valence-corrected chi connectivity index (χ4v) is 2.97. The molecule has 0 unspecified atom stereocenters. The molecule has 0 saturated carbocycles. The second-order valence-corrected chi connectivity index (χ2v) is 6.35. The van der Waals surface area contributed by atoms with E-state index in [-0.39, 0.29) is 10.6 Å². The lowest BCUT2D eigenvalue weighted by molar-refractivity contribution is 0.470. The molecule has 4 nitrogen and oxygen atoms in total. The standard InChI is InChI=1S/C15H17NO3S/c1-12-11-14(7-8-15(12)17)20(18,19)16-10-9-13-5-3-2-4-6-13/h2-8,11,16-17H,9-10H2,1H3. The number of hydrogen-bond donors (Lipinski definition) is 2. The first-order chi connectivity index (χ1) is 9.49. The lowest BCUT2D eigenvalue weighted by atomic mass is 10.2. The molecule has 0 radical (unpaired) electrons. The first-order valence-electron chi connectivity index (χ1n) is 6.32. The molecule has 0 bridgehead atoms. The molecular formula is C15H17NO3S. The van der Waals surface area contributed by atoms with Crippen molar-refractivity contribution in [1.29, 1.82) is 0 Å². The Labute approximate surface area is 119 Å². The summed E-state index contributed by atoms with van der Waals surface area (Å²) < 4.78 is 26.7. The third-order valence-electron chi connectivity index (χ3n) is 3.03. The van der Waals surface area contributed by atoms with Gasteiger partial charge in [0.15, 0.2) is 0 Å². The summed E-state index contributed by atoms with van der Waals surface area (Å²) in [5.74, 6) is 0.0910. The van der Waals surface area contributed by atoms with Gasteiger partial charge in [-0.15, -0.1) is 0 Å². The summed E-state index contributed by atoms with van der Waals surface area (Å²) >= 11 is 0. The first kappa shape index (κ1) is 14.6. The number of aryl methyl sites for hydroxylation is 1. The fraction of sp³-hybridized carbons (Fsp3) is 0.200. The van der Waals surface area contributed by atoms with E-state index in [1.165, 1.54) is 18.2 Å². The molecule has 0 aliphatic rings. The van der Waals surface area contributed by atoms with E-state index in [2.05, 4.69) is 4.72 Å². The predicted octanol–water partition coefficient (Wildman–Crippen LogP) is 2.22. The Hall–Kier alpha value is -1.85. The van der Waals surface area contributed by atoms with Crippen LogP contribution in [-0.4, -0.2) is 20.1 Å². The van der Waals surface area contributed by atoms with Crippen LogP contribution in [0.15, 0.2) is 53.4 Å². The molecule has 0 aliphatic heterocycles. The van der Waals surface area contributed by atoms with Gasteiger partial charge < -0.3 is 5.11 Å². The molecule has 0 aromatic heterocycles. The van der Waals surface area contributed by atoms with Gasteiger partial charge in [-0.1, -0.05) is 30.3 Å². The molecule has 5 heteroatoms. The van der Waals surface area contributed by atoms with Crippen LogP contribution in [0.3, 0.4) is 0 Å². The van der Waals surface area contributed by atoms with Gasteiger partial charge in [0.1, 0.15) is 5.75 Å². The predicted molar refractivity (Wildman–Crippen MR) is 78.2 cm³/mol. The van der Waals surface area contributed by atoms with Gasteiger partial charge in [-0.05, 0) is 42.7 Å². The fourth-order valence-electron chi connectivity index (χ4n) is 1.85. The molecule has 106 valence electrons. The topological polar surface area (TPSA) is 66.4 Å². The largest absolute Gasteiger partial charge is 0.508 e. The van der Waals surface area contributed by atoms with Crippen molar-refractivity contribution in [2.24, 2.45) is 0 Å². The van der Waals surface area contributed by atoms with Crippen LogP contribution >= 0.6 is 0 Å². The molecule has 0 fully saturated rings. The van der Waals surface area contributed by atoms with Crippen molar-refractivity contribution >= 4 is 10.0 Å². The normalized spacial score (nSPS) is 11.4. The van der Waals surface area contributed by atoms with Crippen LogP contribution in [0, 0.1) is 6.92 Å². The molecule has 0 saturated heterocycles. The summed E-state index contributed by atoms with van der Waals surface area (Å²) in [5.41, 5.74) is 1.62. The minimum atomic E-state index is -3.53. The molecule has 0 atom stereocenters. The molecular weight excluding hydrogens is 274 g/mol. The highest BCUT2D eigenvalue weighted by Crippen LogP contribution is 2.19. The van der Waals surface area contributed by atoms with Gasteiger partial charge in [-0.2, -0.15) is 0 Å². The minimum Gasteiger partial charge on any atom is -0.508 e. The van der Waals surface area contributed by atoms with Gasteiger partial charge in [-0.3, -0.25) is 0 Å². The number of hydrogen-bond acceptors (Lipinski definition) is 3. The number of rotatable bonds is 5. The van der Waals surface area contributed by atoms with E-state index in [1.807, 2.05) is 30.3 Å². The number of benzene rings is 2. The second kappa shape index (κ2) is 6.07. The van der Waals surface area contributed by atoms with Crippen LogP contribution in [0.1, 0.15) is 11.1 Å². The summed E-state index contributed by atoms with van der Waals surface area (Å²) in [6.07, 6.45) is 0.636. The average Bonchev–Trinajstić information content (AvgIpc) is 2.43. The number of phenols is 1. The highest BCUT2D eigenvalue weighted by Gasteiger charge is 2.14. The Morgan fingerprint density at radius 1 is 1.10 bits per heavy atom. The Morgan fingerprint density at radius 3 is 2.45 bits per heavy atom. The summed E-state index contributed by atoms with van der Waals surface area (Å²) in [7, 11) is -3.53. The molecule has 0 aliphatic carbocycles. The van der Waals surface area contributed by atoms with E-state index in [1.54, 1.807) is 6.92 Å². The van der Waals surface area contributed by atoms with Crippen molar-refractivity contribution in [3.63, 3.8) is 0 Å². The van der Waals surface area contributed by atoms with Crippen molar-refractivity contribution in [2.75, 3.05) is 6.54 Å². The molecule has 0 spiro atoms. The zero-order chi connectivity index (χ0) is 14.6. The number of phenolic OH excluding ortho intramolecular Hbond substituents is 1. The van der Waals surface area contributed by atoms with Gasteiger partial charge in [-0.25, -0.2) is 13.1 Å². The summed E-state index contributed by atoms with van der Waals surface area (Å²) in [6, 6.07) is 13.9. The summed E-state index contributed by atoms with van der Waals surface area (Å²) in [5, 5.41) is 9.42. The first-order valence-corrected chi connectivity index (χ1v) is 7.80. The zero-order valence-corrected chi connectivity index (χ0v) is 12.0. The van der Waals surface area contributed by atoms with Crippen molar-refractivity contribution < 1.29 is 13.5 Å². The number of sulfonamides is 1. The molecule has 0 heterocycles. The summed E-state index contributed by atoms with van der Waals surface area (Å²) in [6.45, 7) is 2.00. The maximum absolute atomic E-state index is 12.1. The average molecular weight is 291 g/mol. The van der Waals surface area contributed by atoms with Crippen LogP contribution < -0.4 is 4.72 Å². The molecule has 2 rings (SSSR count).